The van der Waals surface area contributed by atoms with Gasteiger partial charge in [-0.2, -0.15) is 4.72 Å². The lowest BCUT2D eigenvalue weighted by Crippen LogP contribution is -2.57. The summed E-state index contributed by atoms with van der Waals surface area (Å²) in [7, 11) is -0.353. The molecule has 0 radical (unpaired) electrons. The van der Waals surface area contributed by atoms with Crippen LogP contribution in [0.15, 0.2) is 18.2 Å². The van der Waals surface area contributed by atoms with Gasteiger partial charge in [-0.1, -0.05) is 0 Å². The highest BCUT2D eigenvalue weighted by atomic mass is 32.2. The van der Waals surface area contributed by atoms with Crippen molar-refractivity contribution in [3.63, 3.8) is 0 Å². The lowest BCUT2D eigenvalue weighted by atomic mass is 10.0. The van der Waals surface area contributed by atoms with E-state index in [1.807, 2.05) is 13.8 Å². The maximum atomic E-state index is 13.6. The second-order valence-corrected chi connectivity index (χ2v) is 12.1. The van der Waals surface area contributed by atoms with Gasteiger partial charge in [0.15, 0.2) is 11.5 Å². The summed E-state index contributed by atoms with van der Waals surface area (Å²) in [5.41, 5.74) is 0.405. The molecule has 2 aliphatic carbocycles. The van der Waals surface area contributed by atoms with Gasteiger partial charge < -0.3 is 24.4 Å². The highest BCUT2D eigenvalue weighted by Crippen LogP contribution is 2.55. The number of amides is 1. The van der Waals surface area contributed by atoms with Gasteiger partial charge in [-0.05, 0) is 76.1 Å². The molecule has 9 nitrogen and oxygen atoms in total. The number of nitrogens with zero attached hydrogens (tertiary/aromatic N) is 1. The van der Waals surface area contributed by atoms with Crippen molar-refractivity contribution in [2.45, 2.75) is 58.2 Å². The smallest absolute Gasteiger partial charge is 0.255 e. The summed E-state index contributed by atoms with van der Waals surface area (Å²) in [4.78, 5) is 15.2. The summed E-state index contributed by atoms with van der Waals surface area (Å²) in [6, 6.07) is 4.78. The summed E-state index contributed by atoms with van der Waals surface area (Å²) in [6.07, 6.45) is 6.65. The highest BCUT2D eigenvalue weighted by Gasteiger charge is 2.44. The van der Waals surface area contributed by atoms with Gasteiger partial charge in [0.05, 0.1) is 20.0 Å². The molecule has 1 aromatic rings. The van der Waals surface area contributed by atoms with Crippen LogP contribution in [-0.2, 0) is 14.8 Å². The second-order valence-electron chi connectivity index (χ2n) is 10.3. The van der Waals surface area contributed by atoms with Crippen LogP contribution < -0.4 is 19.5 Å². The Morgan fingerprint density at radius 3 is 2.33 bits per heavy atom. The zero-order chi connectivity index (χ0) is 26.3. The Hall–Kier alpha value is -1.88. The fourth-order valence-corrected chi connectivity index (χ4v) is 5.61. The van der Waals surface area contributed by atoms with Crippen LogP contribution in [0.1, 0.15) is 56.3 Å². The zero-order valence-electron chi connectivity index (χ0n) is 22.3. The standard InChI is InChI=1S/C21H35N3O6S.C5H8/c1-15(2)24(20(23-31(5,26)27)17-9-10-22-14-17)21(25)16-7-8-18(29-4)19(13-16)30-12-6-11-28-3;1-2-5-3-4(1)5/h7-8,13,15,17,20,22-23H,6,9-12,14H2,1-5H3;4-5H,1-3H2/t17-,20?;/m0./s1. The quantitative estimate of drug-likeness (QED) is 0.319. The third-order valence-corrected chi connectivity index (χ3v) is 7.78. The molecular formula is C26H43N3O6S. The molecule has 1 amide bonds. The maximum absolute atomic E-state index is 13.6. The van der Waals surface area contributed by atoms with Crippen LogP contribution in [0.3, 0.4) is 0 Å². The summed E-state index contributed by atoms with van der Waals surface area (Å²) < 4.78 is 43.0. The number of ether oxygens (including phenoxy) is 3. The number of fused-ring (bicyclic) bond motifs is 1. The number of carbonyl (C=O) groups is 1. The first-order chi connectivity index (χ1) is 17.1. The molecule has 2 saturated carbocycles. The number of benzene rings is 1. The van der Waals surface area contributed by atoms with Crippen molar-refractivity contribution in [1.29, 1.82) is 0 Å². The Bertz CT molecular complexity index is 952. The van der Waals surface area contributed by atoms with E-state index in [9.17, 15) is 13.2 Å². The molecule has 1 heterocycles. The molecular weight excluding hydrogens is 482 g/mol. The van der Waals surface area contributed by atoms with Gasteiger partial charge in [0.25, 0.3) is 5.91 Å². The molecule has 0 bridgehead atoms. The average molecular weight is 526 g/mol. The monoisotopic (exact) mass is 525 g/mol. The first-order valence-corrected chi connectivity index (χ1v) is 14.8. The van der Waals surface area contributed by atoms with Crippen LogP contribution in [0.25, 0.3) is 0 Å². The lowest BCUT2D eigenvalue weighted by molar-refractivity contribution is 0.0512. The van der Waals surface area contributed by atoms with Crippen molar-refractivity contribution in [3.8, 4) is 11.5 Å². The third kappa shape index (κ3) is 8.06. The van der Waals surface area contributed by atoms with Gasteiger partial charge in [-0.25, -0.2) is 8.42 Å². The topological polar surface area (TPSA) is 106 Å². The van der Waals surface area contributed by atoms with Crippen molar-refractivity contribution in [2.75, 3.05) is 46.8 Å². The molecule has 204 valence electrons. The Kier molecular flexibility index (Phi) is 10.4. The molecule has 2 N–H and O–H groups in total. The SMILES string of the molecule is C1CC2CC12.COCCCOc1cc(C(=O)N(C(C)C)C(NS(C)(=O)=O)[C@H]2CCNC2)ccc1OC. The third-order valence-electron chi connectivity index (χ3n) is 7.11. The second kappa shape index (κ2) is 13.1. The van der Waals surface area contributed by atoms with E-state index in [1.165, 1.54) is 11.8 Å². The molecule has 4 rings (SSSR count). The van der Waals surface area contributed by atoms with E-state index in [0.29, 0.717) is 43.2 Å². The minimum atomic E-state index is -3.52. The Morgan fingerprint density at radius 2 is 1.86 bits per heavy atom. The molecule has 1 aromatic carbocycles. The molecule has 0 aromatic heterocycles. The normalized spacial score (nSPS) is 23.1. The predicted molar refractivity (Wildman–Crippen MR) is 140 cm³/mol. The van der Waals surface area contributed by atoms with E-state index in [-0.39, 0.29) is 17.9 Å². The van der Waals surface area contributed by atoms with Crippen molar-refractivity contribution >= 4 is 15.9 Å². The molecule has 3 unspecified atom stereocenters. The van der Waals surface area contributed by atoms with Crippen molar-refractivity contribution in [2.24, 2.45) is 17.8 Å². The molecule has 10 heteroatoms. The van der Waals surface area contributed by atoms with Gasteiger partial charge in [-0.15, -0.1) is 0 Å². The number of sulfonamides is 1. The summed E-state index contributed by atoms with van der Waals surface area (Å²) >= 11 is 0. The van der Waals surface area contributed by atoms with Crippen LogP contribution in [-0.4, -0.2) is 78.2 Å². The molecule has 3 fully saturated rings. The van der Waals surface area contributed by atoms with Crippen molar-refractivity contribution in [3.05, 3.63) is 23.8 Å². The fourth-order valence-electron chi connectivity index (χ4n) is 4.87. The van der Waals surface area contributed by atoms with Crippen LogP contribution in [0.4, 0.5) is 0 Å². The number of hydrogen-bond acceptors (Lipinski definition) is 7. The van der Waals surface area contributed by atoms with Crippen molar-refractivity contribution in [1.82, 2.24) is 14.9 Å². The number of carbonyl (C=O) groups excluding carboxylic acids is 1. The summed E-state index contributed by atoms with van der Waals surface area (Å²) in [6.45, 7) is 6.17. The van der Waals surface area contributed by atoms with E-state index in [4.69, 9.17) is 14.2 Å². The zero-order valence-corrected chi connectivity index (χ0v) is 23.1. The van der Waals surface area contributed by atoms with Gasteiger partial charge in [-0.3, -0.25) is 4.79 Å². The molecule has 36 heavy (non-hydrogen) atoms. The summed E-state index contributed by atoms with van der Waals surface area (Å²) in [5.74, 6) is 3.15. The van der Waals surface area contributed by atoms with Crippen LogP contribution >= 0.6 is 0 Å². The largest absolute Gasteiger partial charge is 0.493 e. The Labute approximate surface area is 216 Å². The number of rotatable bonds is 12. The number of methoxy groups -OCH3 is 2. The Balaban J connectivity index is 0.000000626. The van der Waals surface area contributed by atoms with Crippen molar-refractivity contribution < 1.29 is 27.4 Å². The van der Waals surface area contributed by atoms with E-state index < -0.39 is 16.2 Å². The minimum Gasteiger partial charge on any atom is -0.493 e. The Morgan fingerprint density at radius 1 is 1.14 bits per heavy atom. The molecule has 0 spiro atoms. The molecule has 1 saturated heterocycles. The minimum absolute atomic E-state index is 0.0240. The maximum Gasteiger partial charge on any atom is 0.255 e. The van der Waals surface area contributed by atoms with Gasteiger partial charge >= 0.3 is 0 Å². The van der Waals surface area contributed by atoms with E-state index in [2.05, 4.69) is 10.0 Å². The van der Waals surface area contributed by atoms with Gasteiger partial charge in [0.1, 0.15) is 6.17 Å². The number of nitrogens with one attached hydrogen (secondary N) is 2. The van der Waals surface area contributed by atoms with Gasteiger partial charge in [0, 0.05) is 44.2 Å². The average Bonchev–Trinajstić information content (AvgIpc) is 3.17. The van der Waals surface area contributed by atoms with Gasteiger partial charge in [0.2, 0.25) is 10.0 Å². The molecule has 3 aliphatic rings. The van der Waals surface area contributed by atoms with Crippen LogP contribution in [0.2, 0.25) is 0 Å². The number of hydrogen-bond donors (Lipinski definition) is 2. The lowest BCUT2D eigenvalue weighted by Gasteiger charge is -2.38. The first-order valence-electron chi connectivity index (χ1n) is 12.9. The van der Waals surface area contributed by atoms with E-state index >= 15 is 0 Å². The molecule has 1 aliphatic heterocycles. The highest BCUT2D eigenvalue weighted by molar-refractivity contribution is 7.88. The fraction of sp³-hybridized carbons (Fsp3) is 0.731. The molecule has 4 atom stereocenters. The first kappa shape index (κ1) is 28.7. The predicted octanol–water partition coefficient (Wildman–Crippen LogP) is 2.86. The van der Waals surface area contributed by atoms with Crippen LogP contribution in [0, 0.1) is 17.8 Å². The summed E-state index contributed by atoms with van der Waals surface area (Å²) in [5, 5.41) is 3.25. The van der Waals surface area contributed by atoms with Crippen LogP contribution in [0.5, 0.6) is 11.5 Å². The van der Waals surface area contributed by atoms with E-state index in [0.717, 1.165) is 19.2 Å². The van der Waals surface area contributed by atoms with E-state index in [1.54, 1.807) is 56.6 Å².